The third-order valence-electron chi connectivity index (χ3n) is 5.75. The van der Waals surface area contributed by atoms with Crippen molar-refractivity contribution < 1.29 is 8.95 Å². The maximum atomic E-state index is 12.5. The number of ether oxygens (including phenoxy) is 1. The lowest BCUT2D eigenvalue weighted by atomic mass is 10.2. The predicted molar refractivity (Wildman–Crippen MR) is 145 cm³/mol. The summed E-state index contributed by atoms with van der Waals surface area (Å²) in [5, 5.41) is 7.23. The van der Waals surface area contributed by atoms with E-state index < -0.39 is 10.8 Å². The molecule has 1 fully saturated rings. The first kappa shape index (κ1) is 25.5. The Morgan fingerprint density at radius 3 is 2.51 bits per heavy atom. The molecule has 1 saturated heterocycles. The number of nitrogens with zero attached hydrogens (tertiary/aromatic N) is 4. The van der Waals surface area contributed by atoms with E-state index in [2.05, 4.69) is 43.5 Å². The van der Waals surface area contributed by atoms with Gasteiger partial charge in [-0.3, -0.25) is 4.21 Å². The SMILES string of the molecule is CCS(=O)c1cc(Cl)ccc1Nc1nc(Nc2ccc(N3CCN(C)CC3)cc2OC)ncc1Cl. The summed E-state index contributed by atoms with van der Waals surface area (Å²) < 4.78 is 18.2. The molecular weight excluding hydrogens is 507 g/mol. The Hall–Kier alpha value is -2.59. The van der Waals surface area contributed by atoms with Gasteiger partial charge in [0.25, 0.3) is 0 Å². The highest BCUT2D eigenvalue weighted by atomic mass is 35.5. The van der Waals surface area contributed by atoms with E-state index in [4.69, 9.17) is 27.9 Å². The summed E-state index contributed by atoms with van der Waals surface area (Å²) in [6.07, 6.45) is 1.51. The highest BCUT2D eigenvalue weighted by Crippen LogP contribution is 2.34. The van der Waals surface area contributed by atoms with Crippen LogP contribution in [-0.2, 0) is 10.8 Å². The van der Waals surface area contributed by atoms with Gasteiger partial charge in [0, 0.05) is 48.7 Å². The van der Waals surface area contributed by atoms with E-state index in [0.717, 1.165) is 37.6 Å². The minimum atomic E-state index is -1.21. The van der Waals surface area contributed by atoms with Gasteiger partial charge >= 0.3 is 0 Å². The quantitative estimate of drug-likeness (QED) is 0.410. The van der Waals surface area contributed by atoms with Crippen LogP contribution in [0.15, 0.2) is 47.5 Å². The van der Waals surface area contributed by atoms with Gasteiger partial charge in [-0.15, -0.1) is 0 Å². The fourth-order valence-corrected chi connectivity index (χ4v) is 5.06. The smallest absolute Gasteiger partial charge is 0.229 e. The normalized spacial score (nSPS) is 15.1. The van der Waals surface area contributed by atoms with Crippen LogP contribution in [0.4, 0.5) is 28.8 Å². The van der Waals surface area contributed by atoms with Gasteiger partial charge < -0.3 is 25.2 Å². The fourth-order valence-electron chi connectivity index (χ4n) is 3.75. The molecule has 0 spiro atoms. The van der Waals surface area contributed by atoms with Gasteiger partial charge in [0.1, 0.15) is 10.8 Å². The largest absolute Gasteiger partial charge is 0.494 e. The van der Waals surface area contributed by atoms with E-state index in [0.29, 0.717) is 43.9 Å². The standard InChI is InChI=1S/C24H28Cl2N6O2S/c1-4-35(33)22-13-16(25)5-7-20(22)28-23-18(26)15-27-24(30-23)29-19-8-6-17(14-21(19)34-3)32-11-9-31(2)10-12-32/h5-8,13-15H,4,9-12H2,1-3H3,(H2,27,28,29,30). The summed E-state index contributed by atoms with van der Waals surface area (Å²) in [4.78, 5) is 14.1. The number of hydrogen-bond donors (Lipinski definition) is 2. The Morgan fingerprint density at radius 1 is 1.06 bits per heavy atom. The van der Waals surface area contributed by atoms with Crippen molar-refractivity contribution >= 4 is 62.8 Å². The Morgan fingerprint density at radius 2 is 1.80 bits per heavy atom. The number of rotatable bonds is 8. The van der Waals surface area contributed by atoms with E-state index in [1.807, 2.05) is 19.1 Å². The lowest BCUT2D eigenvalue weighted by Crippen LogP contribution is -2.44. The molecule has 1 atom stereocenters. The molecule has 4 rings (SSSR count). The van der Waals surface area contributed by atoms with Gasteiger partial charge in [-0.05, 0) is 37.4 Å². The molecule has 8 nitrogen and oxygen atoms in total. The molecule has 0 aliphatic carbocycles. The topological polar surface area (TPSA) is 82.6 Å². The van der Waals surface area contributed by atoms with Crippen LogP contribution in [0.1, 0.15) is 6.92 Å². The lowest BCUT2D eigenvalue weighted by molar-refractivity contribution is 0.312. The van der Waals surface area contributed by atoms with Crippen LogP contribution in [0.3, 0.4) is 0 Å². The number of halogens is 2. The molecule has 1 unspecified atom stereocenters. The summed E-state index contributed by atoms with van der Waals surface area (Å²) in [6, 6.07) is 11.2. The van der Waals surface area contributed by atoms with E-state index in [-0.39, 0.29) is 0 Å². The van der Waals surface area contributed by atoms with Crippen molar-refractivity contribution in [3.8, 4) is 5.75 Å². The third-order valence-corrected chi connectivity index (χ3v) is 7.61. The van der Waals surface area contributed by atoms with Gasteiger partial charge in [-0.25, -0.2) is 4.98 Å². The van der Waals surface area contributed by atoms with Crippen LogP contribution in [-0.4, -0.2) is 65.2 Å². The molecular formula is C24H28Cl2N6O2S. The van der Waals surface area contributed by atoms with E-state index >= 15 is 0 Å². The van der Waals surface area contributed by atoms with Crippen LogP contribution in [0.5, 0.6) is 5.75 Å². The first-order valence-electron chi connectivity index (χ1n) is 11.2. The minimum absolute atomic E-state index is 0.330. The van der Waals surface area contributed by atoms with Crippen molar-refractivity contribution in [2.45, 2.75) is 11.8 Å². The van der Waals surface area contributed by atoms with Crippen LogP contribution >= 0.6 is 23.2 Å². The van der Waals surface area contributed by atoms with Gasteiger partial charge in [-0.2, -0.15) is 4.98 Å². The number of anilines is 5. The van der Waals surface area contributed by atoms with Gasteiger partial charge in [0.05, 0.1) is 40.4 Å². The molecule has 0 bridgehead atoms. The van der Waals surface area contributed by atoms with E-state index in [1.54, 1.807) is 25.3 Å². The van der Waals surface area contributed by atoms with Gasteiger partial charge in [-0.1, -0.05) is 30.1 Å². The van der Waals surface area contributed by atoms with Crippen molar-refractivity contribution in [1.29, 1.82) is 0 Å². The zero-order valence-corrected chi connectivity index (χ0v) is 22.2. The Kier molecular flexibility index (Phi) is 8.33. The van der Waals surface area contributed by atoms with E-state index in [9.17, 15) is 4.21 Å². The first-order chi connectivity index (χ1) is 16.9. The van der Waals surface area contributed by atoms with Crippen molar-refractivity contribution in [2.24, 2.45) is 0 Å². The highest BCUT2D eigenvalue weighted by Gasteiger charge is 2.17. The second-order valence-electron chi connectivity index (χ2n) is 8.09. The molecule has 3 aromatic rings. The number of piperazine rings is 1. The molecule has 2 N–H and O–H groups in total. The van der Waals surface area contributed by atoms with Crippen molar-refractivity contribution in [3.63, 3.8) is 0 Å². The molecule has 2 aromatic carbocycles. The van der Waals surface area contributed by atoms with Crippen LogP contribution in [0, 0.1) is 0 Å². The van der Waals surface area contributed by atoms with Crippen LogP contribution < -0.4 is 20.3 Å². The molecule has 1 aliphatic rings. The lowest BCUT2D eigenvalue weighted by Gasteiger charge is -2.34. The molecule has 0 saturated carbocycles. The van der Waals surface area contributed by atoms with Gasteiger partial charge in [0.2, 0.25) is 5.95 Å². The number of hydrogen-bond acceptors (Lipinski definition) is 8. The maximum absolute atomic E-state index is 12.5. The maximum Gasteiger partial charge on any atom is 0.229 e. The molecule has 186 valence electrons. The number of nitrogens with one attached hydrogen (secondary N) is 2. The van der Waals surface area contributed by atoms with Crippen molar-refractivity contribution in [1.82, 2.24) is 14.9 Å². The van der Waals surface area contributed by atoms with Crippen molar-refractivity contribution in [2.75, 3.05) is 61.6 Å². The summed E-state index contributed by atoms with van der Waals surface area (Å²) >= 11 is 12.5. The molecule has 35 heavy (non-hydrogen) atoms. The highest BCUT2D eigenvalue weighted by molar-refractivity contribution is 7.85. The third kappa shape index (κ3) is 6.16. The Labute approximate surface area is 218 Å². The average molecular weight is 536 g/mol. The molecule has 0 amide bonds. The second kappa shape index (κ2) is 11.4. The average Bonchev–Trinajstić information content (AvgIpc) is 2.87. The second-order valence-corrected chi connectivity index (χ2v) is 10.6. The molecule has 0 radical (unpaired) electrons. The number of benzene rings is 2. The van der Waals surface area contributed by atoms with E-state index in [1.165, 1.54) is 6.20 Å². The molecule has 11 heteroatoms. The summed E-state index contributed by atoms with van der Waals surface area (Å²) in [5.74, 6) is 1.87. The first-order valence-corrected chi connectivity index (χ1v) is 13.3. The van der Waals surface area contributed by atoms with Crippen LogP contribution in [0.2, 0.25) is 10.0 Å². The number of methoxy groups -OCH3 is 1. The molecule has 1 aliphatic heterocycles. The molecule has 1 aromatic heterocycles. The minimum Gasteiger partial charge on any atom is -0.494 e. The molecule has 2 heterocycles. The fraction of sp³-hybridized carbons (Fsp3) is 0.333. The van der Waals surface area contributed by atoms with Crippen LogP contribution in [0.25, 0.3) is 0 Å². The Balaban J connectivity index is 1.56. The van der Waals surface area contributed by atoms with Crippen molar-refractivity contribution in [3.05, 3.63) is 52.6 Å². The predicted octanol–water partition coefficient (Wildman–Crippen LogP) is 5.16. The summed E-state index contributed by atoms with van der Waals surface area (Å²) in [5.41, 5.74) is 2.47. The Bertz CT molecular complexity index is 1220. The zero-order chi connectivity index (χ0) is 24.9. The monoisotopic (exact) mass is 534 g/mol. The van der Waals surface area contributed by atoms with Gasteiger partial charge in [0.15, 0.2) is 5.82 Å². The zero-order valence-electron chi connectivity index (χ0n) is 19.8. The summed E-state index contributed by atoms with van der Waals surface area (Å²) in [6.45, 7) is 5.84. The number of likely N-dealkylation sites (N-methyl/N-ethyl adjacent to an activating group) is 1. The number of aromatic nitrogens is 2. The summed E-state index contributed by atoms with van der Waals surface area (Å²) in [7, 11) is 2.56.